The molecule has 1 aliphatic rings. The first-order chi connectivity index (χ1) is 16.3. The smallest absolute Gasteiger partial charge is 0.324 e. The Morgan fingerprint density at radius 2 is 2.03 bits per heavy atom. The van der Waals surface area contributed by atoms with E-state index in [0.29, 0.717) is 28.8 Å². The number of thiophene rings is 1. The maximum Gasteiger partial charge on any atom is 0.324 e. The van der Waals surface area contributed by atoms with Crippen molar-refractivity contribution in [1.82, 2.24) is 20.1 Å². The standard InChI is InChI=1S/C22H22FN5O4S2/c1-3-18-26-22(32-27-18)28-8-6-13(7-9-28)31-21-20-19(24-12-25-21)16(11-33-20)15-5-4-14(10-17(15)23)34(2,29)30/h4-5,10-13H,3,6-9H2,1-2H3. The van der Waals surface area contributed by atoms with Crippen molar-refractivity contribution >= 4 is 37.4 Å². The van der Waals surface area contributed by atoms with Crippen LogP contribution in [0.15, 0.2) is 39.3 Å². The first-order valence-corrected chi connectivity index (χ1v) is 13.6. The summed E-state index contributed by atoms with van der Waals surface area (Å²) in [5, 5.41) is 5.74. The molecule has 4 aromatic rings. The first-order valence-electron chi connectivity index (χ1n) is 10.8. The molecule has 0 bridgehead atoms. The third-order valence-electron chi connectivity index (χ3n) is 5.74. The molecule has 1 aromatic carbocycles. The summed E-state index contributed by atoms with van der Waals surface area (Å²) in [4.78, 5) is 15.0. The summed E-state index contributed by atoms with van der Waals surface area (Å²) in [6.07, 6.45) is 4.65. The molecular weight excluding hydrogens is 481 g/mol. The zero-order chi connectivity index (χ0) is 23.9. The highest BCUT2D eigenvalue weighted by Crippen LogP contribution is 2.38. The van der Waals surface area contributed by atoms with Crippen LogP contribution < -0.4 is 9.64 Å². The van der Waals surface area contributed by atoms with Gasteiger partial charge in [0.15, 0.2) is 15.7 Å². The Balaban J connectivity index is 1.34. The number of aryl methyl sites for hydroxylation is 1. The van der Waals surface area contributed by atoms with Crippen LogP contribution in [0.25, 0.3) is 21.3 Å². The van der Waals surface area contributed by atoms with Gasteiger partial charge in [0, 0.05) is 55.1 Å². The quantitative estimate of drug-likeness (QED) is 0.387. The maximum atomic E-state index is 14.8. The molecule has 0 aliphatic carbocycles. The van der Waals surface area contributed by atoms with E-state index in [2.05, 4.69) is 20.1 Å². The molecule has 3 aromatic heterocycles. The van der Waals surface area contributed by atoms with Crippen LogP contribution >= 0.6 is 11.3 Å². The lowest BCUT2D eigenvalue weighted by Gasteiger charge is -2.30. The maximum absolute atomic E-state index is 14.8. The van der Waals surface area contributed by atoms with Gasteiger partial charge in [-0.25, -0.2) is 22.8 Å². The van der Waals surface area contributed by atoms with E-state index in [0.717, 1.165) is 49.4 Å². The van der Waals surface area contributed by atoms with E-state index in [1.54, 1.807) is 5.38 Å². The van der Waals surface area contributed by atoms with Crippen LogP contribution in [0.1, 0.15) is 25.6 Å². The molecule has 1 fully saturated rings. The third kappa shape index (κ3) is 4.34. The van der Waals surface area contributed by atoms with Crippen molar-refractivity contribution in [2.45, 2.75) is 37.2 Å². The number of anilines is 1. The van der Waals surface area contributed by atoms with E-state index in [-0.39, 0.29) is 16.6 Å². The van der Waals surface area contributed by atoms with E-state index in [9.17, 15) is 12.8 Å². The first kappa shape index (κ1) is 22.7. The number of sulfone groups is 1. The number of benzene rings is 1. The van der Waals surface area contributed by atoms with Crippen LogP contribution in [-0.4, -0.2) is 54.0 Å². The summed E-state index contributed by atoms with van der Waals surface area (Å²) in [6.45, 7) is 3.42. The van der Waals surface area contributed by atoms with Gasteiger partial charge in [0.05, 0.1) is 10.4 Å². The molecule has 0 spiro atoms. The number of halogens is 1. The highest BCUT2D eigenvalue weighted by Gasteiger charge is 2.26. The number of piperidine rings is 1. The van der Waals surface area contributed by atoms with Gasteiger partial charge in [-0.3, -0.25) is 0 Å². The lowest BCUT2D eigenvalue weighted by molar-refractivity contribution is 0.164. The van der Waals surface area contributed by atoms with Crippen LogP contribution in [0.2, 0.25) is 0 Å². The molecule has 12 heteroatoms. The van der Waals surface area contributed by atoms with Gasteiger partial charge in [-0.1, -0.05) is 18.1 Å². The molecule has 0 radical (unpaired) electrons. The van der Waals surface area contributed by atoms with Gasteiger partial charge in [-0.05, 0) is 12.1 Å². The predicted molar refractivity (Wildman–Crippen MR) is 125 cm³/mol. The zero-order valence-electron chi connectivity index (χ0n) is 18.6. The normalized spacial score (nSPS) is 15.2. The van der Waals surface area contributed by atoms with Crippen molar-refractivity contribution in [2.24, 2.45) is 0 Å². The summed E-state index contributed by atoms with van der Waals surface area (Å²) in [6, 6.07) is 4.43. The molecule has 4 heterocycles. The van der Waals surface area contributed by atoms with Crippen LogP contribution in [-0.2, 0) is 16.3 Å². The summed E-state index contributed by atoms with van der Waals surface area (Å²) in [5.74, 6) is 0.523. The van der Waals surface area contributed by atoms with E-state index in [1.807, 2.05) is 11.8 Å². The molecule has 1 saturated heterocycles. The Morgan fingerprint density at radius 3 is 2.71 bits per heavy atom. The second kappa shape index (κ2) is 8.91. The molecule has 0 atom stereocenters. The minimum atomic E-state index is -3.50. The van der Waals surface area contributed by atoms with Gasteiger partial charge in [-0.15, -0.1) is 11.3 Å². The Labute approximate surface area is 199 Å². The average Bonchev–Trinajstić information content (AvgIpc) is 3.47. The largest absolute Gasteiger partial charge is 0.473 e. The number of hydrogen-bond donors (Lipinski definition) is 0. The van der Waals surface area contributed by atoms with Gasteiger partial charge in [0.1, 0.15) is 22.9 Å². The van der Waals surface area contributed by atoms with Crippen molar-refractivity contribution in [3.05, 3.63) is 41.5 Å². The summed E-state index contributed by atoms with van der Waals surface area (Å²) >= 11 is 1.37. The fourth-order valence-corrected chi connectivity index (χ4v) is 5.47. The van der Waals surface area contributed by atoms with Crippen molar-refractivity contribution < 1.29 is 22.1 Å². The highest BCUT2D eigenvalue weighted by molar-refractivity contribution is 7.90. The monoisotopic (exact) mass is 503 g/mol. The SMILES string of the molecule is CCc1noc(N2CCC(Oc3ncnc4c(-c5ccc(S(C)(=O)=O)cc5F)csc34)CC2)n1. The number of hydrogen-bond acceptors (Lipinski definition) is 10. The average molecular weight is 504 g/mol. The minimum absolute atomic E-state index is 0.0424. The van der Waals surface area contributed by atoms with Crippen LogP contribution in [0.4, 0.5) is 10.4 Å². The predicted octanol–water partition coefficient (Wildman–Crippen LogP) is 3.89. The summed E-state index contributed by atoms with van der Waals surface area (Å²) in [5.41, 5.74) is 1.42. The van der Waals surface area contributed by atoms with Crippen molar-refractivity contribution in [3.63, 3.8) is 0 Å². The Kier molecular flexibility index (Phi) is 5.94. The number of nitrogens with zero attached hydrogens (tertiary/aromatic N) is 5. The Morgan fingerprint density at radius 1 is 1.24 bits per heavy atom. The molecule has 0 saturated carbocycles. The second-order valence-corrected chi connectivity index (χ2v) is 11.0. The lowest BCUT2D eigenvalue weighted by Crippen LogP contribution is -2.38. The molecular formula is C22H22FN5O4S2. The van der Waals surface area contributed by atoms with Crippen LogP contribution in [0.3, 0.4) is 0 Å². The summed E-state index contributed by atoms with van der Waals surface area (Å²) in [7, 11) is -3.50. The number of fused-ring (bicyclic) bond motifs is 1. The molecule has 9 nitrogen and oxygen atoms in total. The van der Waals surface area contributed by atoms with Gasteiger partial charge < -0.3 is 14.2 Å². The van der Waals surface area contributed by atoms with Crippen LogP contribution in [0.5, 0.6) is 5.88 Å². The Bertz CT molecular complexity index is 1440. The van der Waals surface area contributed by atoms with E-state index in [4.69, 9.17) is 9.26 Å². The second-order valence-electron chi connectivity index (χ2n) is 8.07. The summed E-state index contributed by atoms with van der Waals surface area (Å²) < 4.78 is 50.5. The molecule has 1 aliphatic heterocycles. The van der Waals surface area contributed by atoms with E-state index in [1.165, 1.54) is 29.8 Å². The number of rotatable bonds is 6. The van der Waals surface area contributed by atoms with Gasteiger partial charge in [0.25, 0.3) is 0 Å². The molecule has 0 amide bonds. The number of ether oxygens (including phenoxy) is 1. The molecule has 34 heavy (non-hydrogen) atoms. The van der Waals surface area contributed by atoms with Gasteiger partial charge in [-0.2, -0.15) is 4.98 Å². The fraction of sp³-hybridized carbons (Fsp3) is 0.364. The Hall–Kier alpha value is -3.12. The lowest BCUT2D eigenvalue weighted by atomic mass is 10.1. The van der Waals surface area contributed by atoms with Crippen molar-refractivity contribution in [1.29, 1.82) is 0 Å². The van der Waals surface area contributed by atoms with Crippen molar-refractivity contribution in [2.75, 3.05) is 24.2 Å². The van der Waals surface area contributed by atoms with Gasteiger partial charge >= 0.3 is 6.01 Å². The fourth-order valence-electron chi connectivity index (χ4n) is 3.89. The van der Waals surface area contributed by atoms with Crippen molar-refractivity contribution in [3.8, 4) is 17.0 Å². The molecule has 0 N–H and O–H groups in total. The van der Waals surface area contributed by atoms with Gasteiger partial charge in [0.2, 0.25) is 5.88 Å². The van der Waals surface area contributed by atoms with E-state index < -0.39 is 15.7 Å². The highest BCUT2D eigenvalue weighted by atomic mass is 32.2. The topological polar surface area (TPSA) is 111 Å². The molecule has 0 unspecified atom stereocenters. The zero-order valence-corrected chi connectivity index (χ0v) is 20.2. The molecule has 178 valence electrons. The number of aromatic nitrogens is 4. The third-order valence-corrected chi connectivity index (χ3v) is 7.81. The van der Waals surface area contributed by atoms with E-state index >= 15 is 0 Å². The van der Waals surface area contributed by atoms with Crippen LogP contribution in [0, 0.1) is 5.82 Å². The molecule has 5 rings (SSSR count). The minimum Gasteiger partial charge on any atom is -0.473 e.